The Kier molecular flexibility index (Phi) is 6.49. The van der Waals surface area contributed by atoms with Gasteiger partial charge in [-0.25, -0.2) is 4.79 Å². The van der Waals surface area contributed by atoms with Gasteiger partial charge in [-0.15, -0.1) is 0 Å². The third kappa shape index (κ3) is 5.48. The third-order valence-electron chi connectivity index (χ3n) is 4.08. The Balaban J connectivity index is 1.51. The van der Waals surface area contributed by atoms with E-state index >= 15 is 0 Å². The van der Waals surface area contributed by atoms with E-state index in [1.807, 2.05) is 18.2 Å². The molecule has 3 aromatic rings. The van der Waals surface area contributed by atoms with Crippen LogP contribution in [0.25, 0.3) is 0 Å². The summed E-state index contributed by atoms with van der Waals surface area (Å²) >= 11 is 0. The molecule has 1 aromatic heterocycles. The summed E-state index contributed by atoms with van der Waals surface area (Å²) in [7, 11) is 0. The number of anilines is 1. The summed E-state index contributed by atoms with van der Waals surface area (Å²) in [5, 5.41) is 2.59. The number of nitrogens with two attached hydrogens (primary N) is 1. The lowest BCUT2D eigenvalue weighted by atomic mass is 10.2. The summed E-state index contributed by atoms with van der Waals surface area (Å²) in [6.07, 6.45) is -1.07. The first-order valence-corrected chi connectivity index (χ1v) is 9.10. The van der Waals surface area contributed by atoms with Gasteiger partial charge < -0.3 is 24.9 Å². The fourth-order valence-corrected chi connectivity index (χ4v) is 2.47. The summed E-state index contributed by atoms with van der Waals surface area (Å²) in [5.74, 6) is -0.791. The van der Waals surface area contributed by atoms with Crippen molar-refractivity contribution in [2.75, 3.05) is 5.32 Å². The molecule has 30 heavy (non-hydrogen) atoms. The molecule has 8 heteroatoms. The molecule has 2 amide bonds. The topological polar surface area (TPSA) is 121 Å². The number of carbonyl (C=O) groups excluding carboxylic acids is 3. The number of amides is 2. The maximum absolute atomic E-state index is 12.2. The Morgan fingerprint density at radius 3 is 2.37 bits per heavy atom. The zero-order valence-electron chi connectivity index (χ0n) is 16.2. The van der Waals surface area contributed by atoms with E-state index in [4.69, 9.17) is 19.6 Å². The highest BCUT2D eigenvalue weighted by molar-refractivity contribution is 5.97. The maximum Gasteiger partial charge on any atom is 0.375 e. The zero-order chi connectivity index (χ0) is 21.5. The van der Waals surface area contributed by atoms with Gasteiger partial charge in [-0.1, -0.05) is 18.2 Å². The van der Waals surface area contributed by atoms with E-state index in [1.165, 1.54) is 37.3 Å². The van der Waals surface area contributed by atoms with Gasteiger partial charge in [0.05, 0.1) is 0 Å². The molecule has 0 fully saturated rings. The van der Waals surface area contributed by atoms with Crippen molar-refractivity contribution in [1.82, 2.24) is 0 Å². The van der Waals surface area contributed by atoms with Crippen molar-refractivity contribution in [3.63, 3.8) is 0 Å². The first kappa shape index (κ1) is 20.7. The van der Waals surface area contributed by atoms with Crippen LogP contribution in [0.5, 0.6) is 5.75 Å². The van der Waals surface area contributed by atoms with E-state index in [9.17, 15) is 14.4 Å². The van der Waals surface area contributed by atoms with Crippen LogP contribution >= 0.6 is 0 Å². The molecular weight excluding hydrogens is 388 g/mol. The molecule has 0 saturated carbocycles. The molecule has 1 atom stereocenters. The van der Waals surface area contributed by atoms with Gasteiger partial charge in [0.2, 0.25) is 11.7 Å². The number of benzene rings is 2. The number of hydrogen-bond acceptors (Lipinski definition) is 6. The van der Waals surface area contributed by atoms with Gasteiger partial charge in [0.25, 0.3) is 5.91 Å². The molecule has 3 N–H and O–H groups in total. The average Bonchev–Trinajstić information content (AvgIpc) is 3.22. The Labute approximate surface area is 172 Å². The van der Waals surface area contributed by atoms with Crippen LogP contribution in [0.1, 0.15) is 33.6 Å². The molecule has 0 aliphatic rings. The van der Waals surface area contributed by atoms with Crippen molar-refractivity contribution in [2.45, 2.75) is 19.6 Å². The second-order valence-corrected chi connectivity index (χ2v) is 6.35. The third-order valence-corrected chi connectivity index (χ3v) is 4.08. The summed E-state index contributed by atoms with van der Waals surface area (Å²) < 4.78 is 16.1. The van der Waals surface area contributed by atoms with Gasteiger partial charge in [-0.05, 0) is 55.5 Å². The van der Waals surface area contributed by atoms with E-state index in [0.29, 0.717) is 22.8 Å². The lowest BCUT2D eigenvalue weighted by Crippen LogP contribution is -2.29. The number of carbonyl (C=O) groups is 3. The van der Waals surface area contributed by atoms with E-state index in [1.54, 1.807) is 18.2 Å². The molecule has 2 aromatic carbocycles. The maximum atomic E-state index is 12.2. The molecule has 0 spiro atoms. The molecule has 1 heterocycles. The van der Waals surface area contributed by atoms with Gasteiger partial charge in [-0.3, -0.25) is 9.59 Å². The van der Waals surface area contributed by atoms with Crippen molar-refractivity contribution in [2.24, 2.45) is 5.73 Å². The van der Waals surface area contributed by atoms with Crippen LogP contribution in [0, 0.1) is 0 Å². The molecule has 0 radical (unpaired) electrons. The highest BCUT2D eigenvalue weighted by atomic mass is 16.6. The second kappa shape index (κ2) is 9.42. The Morgan fingerprint density at radius 1 is 1.00 bits per heavy atom. The Hall–Kier alpha value is -4.07. The van der Waals surface area contributed by atoms with Gasteiger partial charge >= 0.3 is 5.97 Å². The molecule has 0 aliphatic heterocycles. The highest BCUT2D eigenvalue weighted by Crippen LogP contribution is 2.16. The van der Waals surface area contributed by atoms with Crippen LogP contribution in [0.2, 0.25) is 0 Å². The number of esters is 1. The molecule has 0 saturated heterocycles. The molecule has 0 unspecified atom stereocenters. The van der Waals surface area contributed by atoms with Gasteiger partial charge in [0.15, 0.2) is 6.10 Å². The van der Waals surface area contributed by atoms with Crippen molar-refractivity contribution >= 4 is 23.5 Å². The minimum Gasteiger partial charge on any atom is -0.486 e. The number of primary amides is 1. The number of hydrogen-bond donors (Lipinski definition) is 2. The molecular formula is C22H20N2O6. The first-order valence-electron chi connectivity index (χ1n) is 9.10. The summed E-state index contributed by atoms with van der Waals surface area (Å²) in [5.41, 5.74) is 5.93. The lowest BCUT2D eigenvalue weighted by molar-refractivity contribution is -0.123. The second-order valence-electron chi connectivity index (χ2n) is 6.35. The lowest BCUT2D eigenvalue weighted by Gasteiger charge is -2.13. The average molecular weight is 408 g/mol. The van der Waals surface area contributed by atoms with E-state index in [-0.39, 0.29) is 12.4 Å². The standard InChI is InChI=1S/C22H20N2O6/c1-14(21(26)24-16-9-7-15(8-10-16)20(23)25)29-22(27)19-12-11-18(30-19)13-28-17-5-3-2-4-6-17/h2-12,14H,13H2,1H3,(H2,23,25)(H,24,26)/t14-/m0/s1. The number of ether oxygens (including phenoxy) is 2. The van der Waals surface area contributed by atoms with Crippen molar-refractivity contribution in [3.8, 4) is 5.75 Å². The summed E-state index contributed by atoms with van der Waals surface area (Å²) in [4.78, 5) is 35.5. The van der Waals surface area contributed by atoms with Crippen molar-refractivity contribution in [3.05, 3.63) is 83.8 Å². The Morgan fingerprint density at radius 2 is 1.70 bits per heavy atom. The molecule has 0 aliphatic carbocycles. The van der Waals surface area contributed by atoms with Crippen LogP contribution < -0.4 is 15.8 Å². The van der Waals surface area contributed by atoms with Crippen LogP contribution in [-0.2, 0) is 16.1 Å². The van der Waals surface area contributed by atoms with Crippen LogP contribution in [-0.4, -0.2) is 23.9 Å². The van der Waals surface area contributed by atoms with Crippen molar-refractivity contribution in [1.29, 1.82) is 0 Å². The quantitative estimate of drug-likeness (QED) is 0.553. The number of nitrogens with one attached hydrogen (secondary N) is 1. The Bertz CT molecular complexity index is 1030. The summed E-state index contributed by atoms with van der Waals surface area (Å²) in [6, 6.07) is 18.3. The minimum atomic E-state index is -1.07. The van der Waals surface area contributed by atoms with Gasteiger partial charge in [-0.2, -0.15) is 0 Å². The van der Waals surface area contributed by atoms with E-state index < -0.39 is 23.9 Å². The largest absolute Gasteiger partial charge is 0.486 e. The van der Waals surface area contributed by atoms with E-state index in [0.717, 1.165) is 0 Å². The molecule has 154 valence electrons. The fraction of sp³-hybridized carbons (Fsp3) is 0.136. The van der Waals surface area contributed by atoms with Gasteiger partial charge in [0.1, 0.15) is 18.1 Å². The van der Waals surface area contributed by atoms with Crippen molar-refractivity contribution < 1.29 is 28.3 Å². The van der Waals surface area contributed by atoms with E-state index in [2.05, 4.69) is 5.32 Å². The smallest absolute Gasteiger partial charge is 0.375 e. The van der Waals surface area contributed by atoms with Crippen LogP contribution in [0.4, 0.5) is 5.69 Å². The first-order chi connectivity index (χ1) is 14.4. The zero-order valence-corrected chi connectivity index (χ0v) is 16.2. The number of para-hydroxylation sites is 1. The monoisotopic (exact) mass is 408 g/mol. The SMILES string of the molecule is C[C@H](OC(=O)c1ccc(COc2ccccc2)o1)C(=O)Nc1ccc(C(N)=O)cc1. The predicted molar refractivity (Wildman–Crippen MR) is 108 cm³/mol. The minimum absolute atomic E-state index is 0.0351. The summed E-state index contributed by atoms with van der Waals surface area (Å²) in [6.45, 7) is 1.59. The fourth-order valence-electron chi connectivity index (χ4n) is 2.47. The van der Waals surface area contributed by atoms with Gasteiger partial charge in [0, 0.05) is 11.3 Å². The molecule has 0 bridgehead atoms. The molecule has 8 nitrogen and oxygen atoms in total. The van der Waals surface area contributed by atoms with Crippen LogP contribution in [0.15, 0.2) is 71.1 Å². The molecule has 3 rings (SSSR count). The number of rotatable bonds is 8. The highest BCUT2D eigenvalue weighted by Gasteiger charge is 2.21. The predicted octanol–water partition coefficient (Wildman–Crippen LogP) is 3.14. The normalized spacial score (nSPS) is 11.4. The van der Waals surface area contributed by atoms with Crippen LogP contribution in [0.3, 0.4) is 0 Å². The number of furan rings is 1.